The molecule has 1 aliphatic carbocycles. The lowest BCUT2D eigenvalue weighted by molar-refractivity contribution is -0.149. The molecule has 1 aliphatic heterocycles. The monoisotopic (exact) mass is 448 g/mol. The highest BCUT2D eigenvalue weighted by Crippen LogP contribution is 2.51. The van der Waals surface area contributed by atoms with Crippen LogP contribution >= 0.6 is 0 Å². The number of piperidine rings is 1. The quantitative estimate of drug-likeness (QED) is 0.586. The van der Waals surface area contributed by atoms with Crippen LogP contribution in [-0.2, 0) is 12.1 Å². The molecule has 1 saturated heterocycles. The fourth-order valence-electron chi connectivity index (χ4n) is 5.73. The summed E-state index contributed by atoms with van der Waals surface area (Å²) in [4.78, 5) is 15.9. The van der Waals surface area contributed by atoms with E-state index in [4.69, 9.17) is 9.47 Å². The summed E-state index contributed by atoms with van der Waals surface area (Å²) in [5.41, 5.74) is 2.02. The maximum Gasteiger partial charge on any atom is 0.319 e. The van der Waals surface area contributed by atoms with Gasteiger partial charge in [-0.15, -0.1) is 0 Å². The highest BCUT2D eigenvalue weighted by Gasteiger charge is 2.53. The Kier molecular flexibility index (Phi) is 6.17. The zero-order valence-electron chi connectivity index (χ0n) is 19.4. The highest BCUT2D eigenvalue weighted by molar-refractivity contribution is 5.81. The second kappa shape index (κ2) is 9.23. The molecule has 7 nitrogen and oxygen atoms in total. The Balaban J connectivity index is 1.44. The summed E-state index contributed by atoms with van der Waals surface area (Å²) in [5, 5.41) is 13.4. The molecule has 2 unspecified atom stereocenters. The van der Waals surface area contributed by atoms with Crippen molar-refractivity contribution < 1.29 is 14.6 Å². The largest absolute Gasteiger partial charge is 0.478 e. The second-order valence-electron chi connectivity index (χ2n) is 9.07. The van der Waals surface area contributed by atoms with Crippen LogP contribution in [0.3, 0.4) is 0 Å². The smallest absolute Gasteiger partial charge is 0.319 e. The highest BCUT2D eigenvalue weighted by atomic mass is 16.5. The summed E-state index contributed by atoms with van der Waals surface area (Å²) in [5.74, 6) is 0.640. The molecule has 7 heteroatoms. The normalized spacial score (nSPS) is 25.2. The van der Waals surface area contributed by atoms with Gasteiger partial charge in [0.05, 0.1) is 24.3 Å². The molecule has 1 aromatic carbocycles. The topological polar surface area (TPSA) is 80.6 Å². The molecule has 2 fully saturated rings. The average Bonchev–Trinajstić information content (AvgIpc) is 2.81. The Morgan fingerprint density at radius 1 is 1.03 bits per heavy atom. The molecule has 0 amide bonds. The molecule has 2 atom stereocenters. The summed E-state index contributed by atoms with van der Waals surface area (Å²) in [6.45, 7) is 7.28. The molecule has 1 N–H and O–H groups in total. The van der Waals surface area contributed by atoms with Gasteiger partial charge in [-0.1, -0.05) is 24.6 Å². The molecule has 5 rings (SSSR count). The molecule has 174 valence electrons. The molecular formula is C26H32N4O3. The van der Waals surface area contributed by atoms with Crippen molar-refractivity contribution in [1.82, 2.24) is 19.9 Å². The number of pyridine rings is 1. The summed E-state index contributed by atoms with van der Waals surface area (Å²) in [6, 6.07) is 10.8. The molecule has 2 aromatic heterocycles. The number of nitrogens with zero attached hydrogens (tertiary/aromatic N) is 4. The Hall–Kier alpha value is -2.77. The number of benzene rings is 1. The number of ether oxygens (including phenoxy) is 2. The summed E-state index contributed by atoms with van der Waals surface area (Å²) in [6.07, 6.45) is 6.64. The number of likely N-dealkylation sites (tertiary alicyclic amines) is 1. The first-order valence-electron chi connectivity index (χ1n) is 12.0. The van der Waals surface area contributed by atoms with Crippen LogP contribution in [0.2, 0.25) is 0 Å². The van der Waals surface area contributed by atoms with Crippen molar-refractivity contribution in [2.75, 3.05) is 26.3 Å². The summed E-state index contributed by atoms with van der Waals surface area (Å²) in [7, 11) is 0. The van der Waals surface area contributed by atoms with Gasteiger partial charge in [0.1, 0.15) is 5.60 Å². The minimum atomic E-state index is -0.996. The van der Waals surface area contributed by atoms with Gasteiger partial charge in [-0.3, -0.25) is 9.88 Å². The predicted molar refractivity (Wildman–Crippen MR) is 126 cm³/mol. The Morgan fingerprint density at radius 2 is 1.82 bits per heavy atom. The van der Waals surface area contributed by atoms with E-state index in [9.17, 15) is 5.11 Å². The van der Waals surface area contributed by atoms with E-state index in [2.05, 4.69) is 44.1 Å². The average molecular weight is 449 g/mol. The molecule has 3 heterocycles. The molecule has 1 saturated carbocycles. The van der Waals surface area contributed by atoms with Crippen LogP contribution < -0.4 is 9.47 Å². The van der Waals surface area contributed by atoms with E-state index in [0.29, 0.717) is 30.7 Å². The third-order valence-corrected chi connectivity index (χ3v) is 7.15. The molecule has 33 heavy (non-hydrogen) atoms. The van der Waals surface area contributed by atoms with Gasteiger partial charge in [0, 0.05) is 49.2 Å². The lowest BCUT2D eigenvalue weighted by atomic mass is 9.63. The molecule has 0 radical (unpaired) electrons. The second-order valence-corrected chi connectivity index (χ2v) is 9.07. The number of aliphatic hydroxyl groups is 1. The van der Waals surface area contributed by atoms with E-state index >= 15 is 0 Å². The lowest BCUT2D eigenvalue weighted by Crippen LogP contribution is -2.58. The van der Waals surface area contributed by atoms with Gasteiger partial charge in [0.25, 0.3) is 0 Å². The Bertz CT molecular complexity index is 1100. The Morgan fingerprint density at radius 3 is 2.58 bits per heavy atom. The summed E-state index contributed by atoms with van der Waals surface area (Å²) < 4.78 is 11.4. The fraction of sp³-hybridized carbons (Fsp3) is 0.500. The van der Waals surface area contributed by atoms with Crippen molar-refractivity contribution in [3.8, 4) is 11.9 Å². The maximum absolute atomic E-state index is 12.2. The minimum Gasteiger partial charge on any atom is -0.478 e. The third kappa shape index (κ3) is 4.04. The van der Waals surface area contributed by atoms with Crippen molar-refractivity contribution in [1.29, 1.82) is 0 Å². The first-order valence-corrected chi connectivity index (χ1v) is 12.0. The number of hydrogen-bond donors (Lipinski definition) is 1. The molecule has 2 aliphatic rings. The van der Waals surface area contributed by atoms with Crippen LogP contribution in [-0.4, -0.2) is 51.3 Å². The fourth-order valence-corrected chi connectivity index (χ4v) is 5.73. The van der Waals surface area contributed by atoms with E-state index < -0.39 is 5.60 Å². The molecule has 3 aromatic rings. The van der Waals surface area contributed by atoms with Gasteiger partial charge in [-0.2, -0.15) is 4.98 Å². The Labute approximate surface area is 194 Å². The number of fused-ring (bicyclic) bond motifs is 3. The number of rotatable bonds is 7. The van der Waals surface area contributed by atoms with Gasteiger partial charge in [-0.05, 0) is 44.4 Å². The lowest BCUT2D eigenvalue weighted by Gasteiger charge is -2.53. The maximum atomic E-state index is 12.2. The SMILES string of the molecule is CCOc1ncc(C2(O)C3CCCC2CN(Cc2cccc4ncccc24)C3)c(OCC)n1. The first kappa shape index (κ1) is 22.0. The van der Waals surface area contributed by atoms with Crippen LogP contribution in [0.5, 0.6) is 11.9 Å². The third-order valence-electron chi connectivity index (χ3n) is 7.15. The summed E-state index contributed by atoms with van der Waals surface area (Å²) >= 11 is 0. The standard InChI is InChI=1S/C26H32N4O3/c1-3-32-24-22(14-28-25(29-24)33-4-2)26(31)19-9-6-10-20(26)17-30(16-19)15-18-8-5-12-23-21(18)11-7-13-27-23/h5,7-8,11-14,19-20,31H,3-4,6,9-10,15-17H2,1-2H3. The van der Waals surface area contributed by atoms with Crippen molar-refractivity contribution >= 4 is 10.9 Å². The van der Waals surface area contributed by atoms with Gasteiger partial charge in [0.15, 0.2) is 0 Å². The van der Waals surface area contributed by atoms with Crippen LogP contribution in [0.15, 0.2) is 42.7 Å². The van der Waals surface area contributed by atoms with Gasteiger partial charge < -0.3 is 14.6 Å². The van der Waals surface area contributed by atoms with Crippen molar-refractivity contribution in [3.63, 3.8) is 0 Å². The van der Waals surface area contributed by atoms with Crippen molar-refractivity contribution in [2.24, 2.45) is 11.8 Å². The van der Waals surface area contributed by atoms with E-state index in [-0.39, 0.29) is 11.8 Å². The predicted octanol–water partition coefficient (Wildman–Crippen LogP) is 3.94. The van der Waals surface area contributed by atoms with E-state index in [1.807, 2.05) is 26.1 Å². The number of aromatic nitrogens is 3. The molecular weight excluding hydrogens is 416 g/mol. The van der Waals surface area contributed by atoms with Gasteiger partial charge in [-0.25, -0.2) is 4.98 Å². The first-order chi connectivity index (χ1) is 16.1. The van der Waals surface area contributed by atoms with Crippen LogP contribution in [0, 0.1) is 11.8 Å². The molecule has 0 spiro atoms. The minimum absolute atomic E-state index is 0.0962. The van der Waals surface area contributed by atoms with Crippen molar-refractivity contribution in [2.45, 2.75) is 45.3 Å². The van der Waals surface area contributed by atoms with Gasteiger partial charge in [0.2, 0.25) is 5.88 Å². The van der Waals surface area contributed by atoms with Gasteiger partial charge >= 0.3 is 6.01 Å². The zero-order valence-corrected chi connectivity index (χ0v) is 19.4. The van der Waals surface area contributed by atoms with E-state index in [1.165, 1.54) is 10.9 Å². The van der Waals surface area contributed by atoms with E-state index in [1.54, 1.807) is 6.20 Å². The van der Waals surface area contributed by atoms with Crippen molar-refractivity contribution in [3.05, 3.63) is 53.9 Å². The number of hydrogen-bond acceptors (Lipinski definition) is 7. The van der Waals surface area contributed by atoms with E-state index in [0.717, 1.165) is 44.4 Å². The van der Waals surface area contributed by atoms with Crippen LogP contribution in [0.25, 0.3) is 10.9 Å². The van der Waals surface area contributed by atoms with Crippen LogP contribution in [0.1, 0.15) is 44.2 Å². The molecule has 2 bridgehead atoms. The zero-order chi connectivity index (χ0) is 22.8. The van der Waals surface area contributed by atoms with Crippen LogP contribution in [0.4, 0.5) is 0 Å².